The quantitative estimate of drug-likeness (QED) is 0.186. The molecule has 0 radical (unpaired) electrons. The Morgan fingerprint density at radius 1 is 0.688 bits per heavy atom. The van der Waals surface area contributed by atoms with E-state index in [-0.39, 0.29) is 16.4 Å². The van der Waals surface area contributed by atoms with E-state index < -0.39 is 15.6 Å². The molecule has 16 heavy (non-hydrogen) atoms. The van der Waals surface area contributed by atoms with Gasteiger partial charge in [-0.3, -0.25) is 0 Å². The molecule has 12 N–H and O–H groups in total. The highest BCUT2D eigenvalue weighted by Crippen LogP contribution is 2.26. The van der Waals surface area contributed by atoms with Crippen molar-refractivity contribution in [1.29, 1.82) is 0 Å². The Bertz CT molecular complexity index is 160. The van der Waals surface area contributed by atoms with E-state index in [9.17, 15) is 0 Å². The number of ether oxygens (including phenoxy) is 1. The third-order valence-electron chi connectivity index (χ3n) is 0.204. The summed E-state index contributed by atoms with van der Waals surface area (Å²) in [6.07, 6.45) is 0. The monoisotopic (exact) mass is 294 g/mol. The molecule has 0 aromatic heterocycles. The van der Waals surface area contributed by atoms with Gasteiger partial charge in [-0.05, 0) is 0 Å². The molecular formula is C2H16O12P2. The summed E-state index contributed by atoms with van der Waals surface area (Å²) in [5.74, 6) is 0. The first-order valence-electron chi connectivity index (χ1n) is 2.64. The molecule has 1 rings (SSSR count). The molecule has 0 bridgehead atoms. The van der Waals surface area contributed by atoms with Gasteiger partial charge in [0.25, 0.3) is 0 Å². The van der Waals surface area contributed by atoms with Crippen LogP contribution < -0.4 is 0 Å². The van der Waals surface area contributed by atoms with Crippen LogP contribution in [0.5, 0.6) is 0 Å². The maximum Gasteiger partial charge on any atom is 0.466 e. The molecule has 0 aliphatic carbocycles. The molecule has 0 spiro atoms. The number of rotatable bonds is 0. The van der Waals surface area contributed by atoms with E-state index >= 15 is 0 Å². The van der Waals surface area contributed by atoms with Gasteiger partial charge in [-0.2, -0.15) is 0 Å². The summed E-state index contributed by atoms with van der Waals surface area (Å²) in [5, 5.41) is 0. The lowest BCUT2D eigenvalue weighted by Crippen LogP contribution is -1.66. The zero-order chi connectivity index (χ0) is 11.1. The topological polar surface area (TPSA) is 263 Å². The van der Waals surface area contributed by atoms with Gasteiger partial charge in [0.05, 0.1) is 13.2 Å². The lowest BCUT2D eigenvalue weighted by atomic mass is 11.0. The van der Waals surface area contributed by atoms with Gasteiger partial charge < -0.3 is 50.5 Å². The first-order valence-corrected chi connectivity index (χ1v) is 5.77. The largest absolute Gasteiger partial charge is 0.466 e. The fraction of sp³-hybridized carbons (Fsp3) is 1.00. The van der Waals surface area contributed by atoms with Crippen molar-refractivity contribution in [3.05, 3.63) is 0 Å². The zero-order valence-electron chi connectivity index (χ0n) is 7.72. The van der Waals surface area contributed by atoms with Gasteiger partial charge in [0, 0.05) is 0 Å². The maximum atomic E-state index is 8.88. The summed E-state index contributed by atoms with van der Waals surface area (Å²) in [5.41, 5.74) is 0. The Hall–Kier alpha value is 0.0600. The lowest BCUT2D eigenvalue weighted by Gasteiger charge is -1.82. The van der Waals surface area contributed by atoms with Gasteiger partial charge >= 0.3 is 15.6 Å². The van der Waals surface area contributed by atoms with Gasteiger partial charge in [0.2, 0.25) is 0 Å². The Morgan fingerprint density at radius 2 is 0.750 bits per heavy atom. The van der Waals surface area contributed by atoms with E-state index in [1.165, 1.54) is 0 Å². The minimum Gasteiger partial charge on any atom is -0.412 e. The van der Waals surface area contributed by atoms with Gasteiger partial charge in [-0.15, -0.1) is 0 Å². The van der Waals surface area contributed by atoms with Crippen LogP contribution in [0.3, 0.4) is 0 Å². The number of phosphoric acid groups is 2. The number of hydrogen-bond acceptors (Lipinski definition) is 3. The predicted octanol–water partition coefficient (Wildman–Crippen LogP) is -4.31. The summed E-state index contributed by atoms with van der Waals surface area (Å²) >= 11 is 0. The van der Waals surface area contributed by atoms with Crippen LogP contribution in [0.4, 0.5) is 0 Å². The molecule has 0 unspecified atom stereocenters. The highest BCUT2D eigenvalue weighted by molar-refractivity contribution is 7.45. The second-order valence-electron chi connectivity index (χ2n) is 1.64. The van der Waals surface area contributed by atoms with Crippen molar-refractivity contribution in [2.24, 2.45) is 0 Å². The molecule has 1 aliphatic heterocycles. The minimum atomic E-state index is -4.64. The van der Waals surface area contributed by atoms with Crippen molar-refractivity contribution in [2.45, 2.75) is 0 Å². The Kier molecular flexibility index (Phi) is 24.4. The standard InChI is InChI=1S/C2H4O.2H3O4P.3H2O/c1-2-3-1;2*1-5(2,3)4;;;/h1-2H2;2*(H3,1,2,3,4);3*1H2. The van der Waals surface area contributed by atoms with E-state index in [0.29, 0.717) is 0 Å². The highest BCUT2D eigenvalue weighted by atomic mass is 31.2. The first kappa shape index (κ1) is 29.8. The van der Waals surface area contributed by atoms with Crippen LogP contribution in [-0.2, 0) is 13.9 Å². The van der Waals surface area contributed by atoms with Gasteiger partial charge in [0.1, 0.15) is 0 Å². The molecule has 106 valence electrons. The molecule has 1 fully saturated rings. The average Bonchev–Trinajstić information content (AvgIpc) is 2.26. The summed E-state index contributed by atoms with van der Waals surface area (Å²) in [6, 6.07) is 0. The molecule has 0 aromatic carbocycles. The second-order valence-corrected chi connectivity index (χ2v) is 3.69. The summed E-state index contributed by atoms with van der Waals surface area (Å²) in [6.45, 7) is 2.00. The molecule has 1 heterocycles. The third kappa shape index (κ3) is 2130. The van der Waals surface area contributed by atoms with Crippen molar-refractivity contribution < 1.29 is 59.7 Å². The normalized spacial score (nSPS) is 11.9. The van der Waals surface area contributed by atoms with E-state index in [1.54, 1.807) is 0 Å². The van der Waals surface area contributed by atoms with Crippen LogP contribution in [0.25, 0.3) is 0 Å². The smallest absolute Gasteiger partial charge is 0.412 e. The lowest BCUT2D eigenvalue weighted by molar-refractivity contribution is 0.272. The van der Waals surface area contributed by atoms with Crippen LogP contribution in [0, 0.1) is 0 Å². The fourth-order valence-electron chi connectivity index (χ4n) is 0. The van der Waals surface area contributed by atoms with E-state index in [2.05, 4.69) is 4.74 Å². The summed E-state index contributed by atoms with van der Waals surface area (Å²) in [4.78, 5) is 43.1. The van der Waals surface area contributed by atoms with Crippen LogP contribution in [0.1, 0.15) is 0 Å². The molecule has 0 atom stereocenters. The number of epoxide rings is 1. The zero-order valence-corrected chi connectivity index (χ0v) is 9.51. The van der Waals surface area contributed by atoms with Crippen molar-refractivity contribution >= 4 is 15.6 Å². The predicted molar refractivity (Wildman–Crippen MR) is 50.2 cm³/mol. The molecule has 0 aromatic rings. The van der Waals surface area contributed by atoms with Crippen LogP contribution in [0.2, 0.25) is 0 Å². The van der Waals surface area contributed by atoms with Crippen molar-refractivity contribution in [3.8, 4) is 0 Å². The third-order valence-corrected chi connectivity index (χ3v) is 0.204. The SMILES string of the molecule is C1CO1.O.O.O.O=P(O)(O)O.O=P(O)(O)O. The first-order chi connectivity index (χ1) is 5.50. The van der Waals surface area contributed by atoms with Crippen LogP contribution in [0.15, 0.2) is 0 Å². The van der Waals surface area contributed by atoms with E-state index in [0.717, 1.165) is 13.2 Å². The summed E-state index contributed by atoms with van der Waals surface area (Å²) in [7, 11) is -9.28. The molecular weight excluding hydrogens is 278 g/mol. The van der Waals surface area contributed by atoms with E-state index in [1.807, 2.05) is 0 Å². The average molecular weight is 294 g/mol. The Morgan fingerprint density at radius 3 is 0.750 bits per heavy atom. The van der Waals surface area contributed by atoms with Gasteiger partial charge in [-0.25, -0.2) is 9.13 Å². The molecule has 1 aliphatic rings. The molecule has 0 saturated carbocycles. The molecule has 0 amide bonds. The van der Waals surface area contributed by atoms with Gasteiger partial charge in [0.15, 0.2) is 0 Å². The van der Waals surface area contributed by atoms with E-state index in [4.69, 9.17) is 38.5 Å². The van der Waals surface area contributed by atoms with Crippen LogP contribution in [-0.4, -0.2) is 59.0 Å². The van der Waals surface area contributed by atoms with Crippen molar-refractivity contribution in [3.63, 3.8) is 0 Å². The maximum absolute atomic E-state index is 8.88. The minimum absolute atomic E-state index is 0. The van der Waals surface area contributed by atoms with Gasteiger partial charge in [-0.1, -0.05) is 0 Å². The van der Waals surface area contributed by atoms with Crippen molar-refractivity contribution in [2.75, 3.05) is 13.2 Å². The van der Waals surface area contributed by atoms with Crippen molar-refractivity contribution in [1.82, 2.24) is 0 Å². The molecule has 14 heteroatoms. The highest BCUT2D eigenvalue weighted by Gasteiger charge is 2.00. The molecule has 12 nitrogen and oxygen atoms in total. The number of hydrogen-bond donors (Lipinski definition) is 6. The Balaban J connectivity index is -0.0000000351. The van der Waals surface area contributed by atoms with Crippen LogP contribution >= 0.6 is 15.6 Å². The molecule has 1 saturated heterocycles. The second kappa shape index (κ2) is 13.1. The fourth-order valence-corrected chi connectivity index (χ4v) is 0. The Labute approximate surface area is 89.5 Å². The summed E-state index contributed by atoms with van der Waals surface area (Å²) < 4.78 is 22.3.